The van der Waals surface area contributed by atoms with E-state index in [0.29, 0.717) is 6.54 Å². The SMILES string of the molecule is CCCN(Cc1ccsc1)C(=O)c1ccccc1C. The van der Waals surface area contributed by atoms with Crippen molar-refractivity contribution in [2.75, 3.05) is 6.54 Å². The molecule has 19 heavy (non-hydrogen) atoms. The Balaban J connectivity index is 2.19. The summed E-state index contributed by atoms with van der Waals surface area (Å²) in [4.78, 5) is 14.5. The second kappa shape index (κ2) is 6.53. The van der Waals surface area contributed by atoms with Crippen LogP contribution in [0.5, 0.6) is 0 Å². The molecule has 2 nitrogen and oxygen atoms in total. The molecule has 2 rings (SSSR count). The number of aryl methyl sites for hydroxylation is 1. The molecule has 1 aromatic carbocycles. The van der Waals surface area contributed by atoms with Crippen molar-refractivity contribution < 1.29 is 4.79 Å². The second-order valence-corrected chi connectivity index (χ2v) is 5.45. The van der Waals surface area contributed by atoms with Gasteiger partial charge in [0, 0.05) is 18.7 Å². The van der Waals surface area contributed by atoms with E-state index in [1.165, 1.54) is 5.56 Å². The van der Waals surface area contributed by atoms with Gasteiger partial charge in [-0.25, -0.2) is 0 Å². The van der Waals surface area contributed by atoms with Gasteiger partial charge in [-0.3, -0.25) is 4.79 Å². The van der Waals surface area contributed by atoms with E-state index in [9.17, 15) is 4.79 Å². The monoisotopic (exact) mass is 273 g/mol. The molecule has 1 aromatic heterocycles. The van der Waals surface area contributed by atoms with Crippen LogP contribution in [0.15, 0.2) is 41.1 Å². The Kier molecular flexibility index (Phi) is 4.74. The Morgan fingerprint density at radius 1 is 1.26 bits per heavy atom. The fourth-order valence-corrected chi connectivity index (χ4v) is 2.77. The number of rotatable bonds is 5. The summed E-state index contributed by atoms with van der Waals surface area (Å²) < 4.78 is 0. The van der Waals surface area contributed by atoms with Crippen molar-refractivity contribution >= 4 is 17.2 Å². The predicted octanol–water partition coefficient (Wildman–Crippen LogP) is 4.11. The lowest BCUT2D eigenvalue weighted by atomic mass is 10.1. The van der Waals surface area contributed by atoms with Gasteiger partial charge in [-0.15, -0.1) is 0 Å². The molecule has 0 atom stereocenters. The van der Waals surface area contributed by atoms with Crippen molar-refractivity contribution in [2.24, 2.45) is 0 Å². The van der Waals surface area contributed by atoms with Crippen molar-refractivity contribution in [3.8, 4) is 0 Å². The Labute approximate surface area is 118 Å². The molecule has 1 heterocycles. The lowest BCUT2D eigenvalue weighted by molar-refractivity contribution is 0.0742. The van der Waals surface area contributed by atoms with Gasteiger partial charge in [-0.05, 0) is 47.4 Å². The van der Waals surface area contributed by atoms with Crippen LogP contribution in [0.1, 0.15) is 34.8 Å². The van der Waals surface area contributed by atoms with E-state index in [4.69, 9.17) is 0 Å². The first-order valence-electron chi connectivity index (χ1n) is 6.58. The standard InChI is InChI=1S/C16H19NOS/c1-3-9-17(11-14-8-10-19-12-14)16(18)15-7-5-4-6-13(15)2/h4-8,10,12H,3,9,11H2,1-2H3. The number of carbonyl (C=O) groups is 1. The highest BCUT2D eigenvalue weighted by molar-refractivity contribution is 7.07. The van der Waals surface area contributed by atoms with Crippen LogP contribution in [0, 0.1) is 6.92 Å². The first-order valence-corrected chi connectivity index (χ1v) is 7.52. The number of amides is 1. The van der Waals surface area contributed by atoms with Crippen molar-refractivity contribution in [2.45, 2.75) is 26.8 Å². The minimum atomic E-state index is 0.131. The summed E-state index contributed by atoms with van der Waals surface area (Å²) in [6.07, 6.45) is 0.974. The van der Waals surface area contributed by atoms with Gasteiger partial charge in [0.1, 0.15) is 0 Å². The zero-order valence-electron chi connectivity index (χ0n) is 11.4. The molecule has 0 saturated heterocycles. The average molecular weight is 273 g/mol. The molecule has 0 fully saturated rings. The van der Waals surface area contributed by atoms with Crippen LogP contribution >= 0.6 is 11.3 Å². The van der Waals surface area contributed by atoms with Crippen LogP contribution in [0.3, 0.4) is 0 Å². The summed E-state index contributed by atoms with van der Waals surface area (Å²) in [6.45, 7) is 5.58. The van der Waals surface area contributed by atoms with Crippen LogP contribution in [-0.4, -0.2) is 17.4 Å². The predicted molar refractivity (Wildman–Crippen MR) is 80.5 cm³/mol. The molecule has 0 radical (unpaired) electrons. The number of carbonyl (C=O) groups excluding carboxylic acids is 1. The lowest BCUT2D eigenvalue weighted by Crippen LogP contribution is -2.31. The molecule has 0 unspecified atom stereocenters. The van der Waals surface area contributed by atoms with E-state index in [1.807, 2.05) is 36.1 Å². The highest BCUT2D eigenvalue weighted by atomic mass is 32.1. The van der Waals surface area contributed by atoms with Crippen LogP contribution in [-0.2, 0) is 6.54 Å². The summed E-state index contributed by atoms with van der Waals surface area (Å²) in [6, 6.07) is 9.87. The third-order valence-electron chi connectivity index (χ3n) is 3.11. The first kappa shape index (κ1) is 13.8. The molecule has 1 amide bonds. The van der Waals surface area contributed by atoms with E-state index in [2.05, 4.69) is 23.8 Å². The Morgan fingerprint density at radius 2 is 2.05 bits per heavy atom. The van der Waals surface area contributed by atoms with Gasteiger partial charge in [0.15, 0.2) is 0 Å². The lowest BCUT2D eigenvalue weighted by Gasteiger charge is -2.22. The van der Waals surface area contributed by atoms with Crippen LogP contribution < -0.4 is 0 Å². The normalized spacial score (nSPS) is 10.4. The molecule has 0 N–H and O–H groups in total. The fourth-order valence-electron chi connectivity index (χ4n) is 2.11. The number of hydrogen-bond donors (Lipinski definition) is 0. The van der Waals surface area contributed by atoms with Crippen LogP contribution in [0.25, 0.3) is 0 Å². The highest BCUT2D eigenvalue weighted by Crippen LogP contribution is 2.15. The molecule has 0 saturated carbocycles. The summed E-state index contributed by atoms with van der Waals surface area (Å²) >= 11 is 1.67. The van der Waals surface area contributed by atoms with Crippen LogP contribution in [0.2, 0.25) is 0 Å². The van der Waals surface area contributed by atoms with Crippen LogP contribution in [0.4, 0.5) is 0 Å². The number of benzene rings is 1. The number of nitrogens with zero attached hydrogens (tertiary/aromatic N) is 1. The second-order valence-electron chi connectivity index (χ2n) is 4.67. The summed E-state index contributed by atoms with van der Waals surface area (Å²) in [5, 5.41) is 4.16. The van der Waals surface area contributed by atoms with Crippen molar-refractivity contribution in [3.05, 3.63) is 57.8 Å². The topological polar surface area (TPSA) is 20.3 Å². The van der Waals surface area contributed by atoms with E-state index >= 15 is 0 Å². The molecule has 3 heteroatoms. The summed E-state index contributed by atoms with van der Waals surface area (Å²) in [5.74, 6) is 0.131. The van der Waals surface area contributed by atoms with Crippen molar-refractivity contribution in [3.63, 3.8) is 0 Å². The average Bonchev–Trinajstić information content (AvgIpc) is 2.91. The molecule has 0 aliphatic carbocycles. The van der Waals surface area contributed by atoms with E-state index < -0.39 is 0 Å². The zero-order valence-corrected chi connectivity index (χ0v) is 12.2. The van der Waals surface area contributed by atoms with Crippen molar-refractivity contribution in [1.82, 2.24) is 4.90 Å². The van der Waals surface area contributed by atoms with Gasteiger partial charge < -0.3 is 4.90 Å². The Bertz CT molecular complexity index is 533. The molecular formula is C16H19NOS. The minimum Gasteiger partial charge on any atom is -0.334 e. The highest BCUT2D eigenvalue weighted by Gasteiger charge is 2.16. The maximum absolute atomic E-state index is 12.6. The maximum atomic E-state index is 12.6. The Morgan fingerprint density at radius 3 is 2.68 bits per heavy atom. The quantitative estimate of drug-likeness (QED) is 0.803. The largest absolute Gasteiger partial charge is 0.334 e. The maximum Gasteiger partial charge on any atom is 0.254 e. The third-order valence-corrected chi connectivity index (χ3v) is 3.84. The van der Waals surface area contributed by atoms with Gasteiger partial charge in [0.25, 0.3) is 5.91 Å². The minimum absolute atomic E-state index is 0.131. The zero-order chi connectivity index (χ0) is 13.7. The van der Waals surface area contributed by atoms with Gasteiger partial charge in [0.2, 0.25) is 0 Å². The Hall–Kier alpha value is -1.61. The van der Waals surface area contributed by atoms with E-state index in [1.54, 1.807) is 11.3 Å². The van der Waals surface area contributed by atoms with E-state index in [-0.39, 0.29) is 5.91 Å². The molecule has 0 bridgehead atoms. The third kappa shape index (κ3) is 3.44. The van der Waals surface area contributed by atoms with E-state index in [0.717, 1.165) is 24.1 Å². The van der Waals surface area contributed by atoms with Gasteiger partial charge in [0.05, 0.1) is 0 Å². The smallest absolute Gasteiger partial charge is 0.254 e. The molecule has 2 aromatic rings. The summed E-state index contributed by atoms with van der Waals surface area (Å²) in [5.41, 5.74) is 3.06. The van der Waals surface area contributed by atoms with Gasteiger partial charge in [-0.2, -0.15) is 11.3 Å². The molecule has 0 spiro atoms. The molecule has 0 aliphatic rings. The van der Waals surface area contributed by atoms with Crippen molar-refractivity contribution in [1.29, 1.82) is 0 Å². The molecule has 100 valence electrons. The first-order chi connectivity index (χ1) is 9.22. The number of hydrogen-bond acceptors (Lipinski definition) is 2. The number of thiophene rings is 1. The fraction of sp³-hybridized carbons (Fsp3) is 0.312. The summed E-state index contributed by atoms with van der Waals surface area (Å²) in [7, 11) is 0. The molecular weight excluding hydrogens is 254 g/mol. The van der Waals surface area contributed by atoms with Gasteiger partial charge >= 0.3 is 0 Å². The molecule has 0 aliphatic heterocycles. The van der Waals surface area contributed by atoms with Gasteiger partial charge in [-0.1, -0.05) is 25.1 Å².